The van der Waals surface area contributed by atoms with Crippen LogP contribution < -0.4 is 5.56 Å². The van der Waals surface area contributed by atoms with Gasteiger partial charge in [-0.3, -0.25) is 9.36 Å². The van der Waals surface area contributed by atoms with E-state index < -0.39 is 17.2 Å². The molecular formula is C18H15ClF2N2OS. The topological polar surface area (TPSA) is 34.9 Å². The molecule has 2 aromatic carbocycles. The monoisotopic (exact) mass is 380 g/mol. The maximum atomic E-state index is 14.3. The van der Waals surface area contributed by atoms with Crippen molar-refractivity contribution < 1.29 is 8.78 Å². The molecule has 130 valence electrons. The van der Waals surface area contributed by atoms with Crippen LogP contribution in [0.5, 0.6) is 0 Å². The first-order valence-corrected chi connectivity index (χ1v) is 9.18. The fraction of sp³-hybridized carbons (Fsp3) is 0.222. The number of aromatic nitrogens is 2. The van der Waals surface area contributed by atoms with Crippen LogP contribution in [0.15, 0.2) is 46.3 Å². The Morgan fingerprint density at radius 3 is 2.72 bits per heavy atom. The van der Waals surface area contributed by atoms with Crippen LogP contribution in [0.4, 0.5) is 8.78 Å². The maximum Gasteiger partial charge on any atom is 0.266 e. The first kappa shape index (κ1) is 17.9. The molecule has 25 heavy (non-hydrogen) atoms. The van der Waals surface area contributed by atoms with Gasteiger partial charge in [0.05, 0.1) is 16.6 Å². The van der Waals surface area contributed by atoms with Crippen molar-refractivity contribution in [1.29, 1.82) is 0 Å². The minimum Gasteiger partial charge on any atom is -0.268 e. The van der Waals surface area contributed by atoms with Crippen molar-refractivity contribution in [3.8, 4) is 5.69 Å². The number of thioether (sulfide) groups is 1. The number of fused-ring (bicyclic) bond motifs is 1. The molecule has 0 saturated heterocycles. The predicted octanol–water partition coefficient (Wildman–Crippen LogP) is 5.21. The molecule has 0 unspecified atom stereocenters. The fourth-order valence-electron chi connectivity index (χ4n) is 2.42. The molecule has 0 bridgehead atoms. The van der Waals surface area contributed by atoms with Crippen molar-refractivity contribution >= 4 is 34.3 Å². The second-order valence-electron chi connectivity index (χ2n) is 5.49. The lowest BCUT2D eigenvalue weighted by molar-refractivity contribution is 0.572. The third-order valence-electron chi connectivity index (χ3n) is 3.68. The van der Waals surface area contributed by atoms with Crippen LogP contribution in [0.25, 0.3) is 16.6 Å². The van der Waals surface area contributed by atoms with Gasteiger partial charge < -0.3 is 0 Å². The Bertz CT molecular complexity index is 991. The van der Waals surface area contributed by atoms with E-state index in [9.17, 15) is 13.6 Å². The summed E-state index contributed by atoms with van der Waals surface area (Å²) in [5.41, 5.74) is 0.0314. The molecule has 0 spiro atoms. The van der Waals surface area contributed by atoms with Gasteiger partial charge in [-0.15, -0.1) is 0 Å². The van der Waals surface area contributed by atoms with Crippen molar-refractivity contribution in [2.45, 2.75) is 24.9 Å². The van der Waals surface area contributed by atoms with Crippen LogP contribution in [0, 0.1) is 11.6 Å². The first-order chi connectivity index (χ1) is 12.0. The fourth-order valence-corrected chi connectivity index (χ4v) is 3.68. The Hall–Kier alpha value is -1.92. The van der Waals surface area contributed by atoms with E-state index in [0.717, 1.165) is 30.7 Å². The van der Waals surface area contributed by atoms with E-state index in [1.54, 1.807) is 12.1 Å². The maximum absolute atomic E-state index is 14.3. The minimum atomic E-state index is -0.817. The Kier molecular flexibility index (Phi) is 5.39. The van der Waals surface area contributed by atoms with Gasteiger partial charge in [-0.25, -0.2) is 13.8 Å². The first-order valence-electron chi connectivity index (χ1n) is 7.82. The van der Waals surface area contributed by atoms with Gasteiger partial charge in [0.1, 0.15) is 11.6 Å². The minimum absolute atomic E-state index is 0.0280. The summed E-state index contributed by atoms with van der Waals surface area (Å²) in [5, 5.41) is 1.05. The highest BCUT2D eigenvalue weighted by Gasteiger charge is 2.17. The third kappa shape index (κ3) is 3.70. The van der Waals surface area contributed by atoms with Crippen LogP contribution >= 0.6 is 23.4 Å². The van der Waals surface area contributed by atoms with E-state index in [2.05, 4.69) is 11.9 Å². The number of hydrogen-bond donors (Lipinski definition) is 0. The molecule has 0 aliphatic rings. The van der Waals surface area contributed by atoms with E-state index >= 15 is 0 Å². The molecule has 0 radical (unpaired) electrons. The number of benzene rings is 2. The lowest BCUT2D eigenvalue weighted by Gasteiger charge is -2.14. The quantitative estimate of drug-likeness (QED) is 0.346. The van der Waals surface area contributed by atoms with Crippen molar-refractivity contribution in [2.24, 2.45) is 0 Å². The van der Waals surface area contributed by atoms with E-state index in [4.69, 9.17) is 11.6 Å². The van der Waals surface area contributed by atoms with Gasteiger partial charge in [0, 0.05) is 16.8 Å². The molecular weight excluding hydrogens is 366 g/mol. The van der Waals surface area contributed by atoms with E-state index in [0.29, 0.717) is 15.7 Å². The standard InChI is InChI=1S/C18H15ClF2N2OS/c1-2-3-8-25-18-22-15-6-4-11(19)9-13(15)17(24)23(18)16-7-5-12(20)10-14(16)21/h4-7,9-10H,2-3,8H2,1H3. The number of halogens is 3. The van der Waals surface area contributed by atoms with E-state index in [-0.39, 0.29) is 11.1 Å². The van der Waals surface area contributed by atoms with Gasteiger partial charge in [0.2, 0.25) is 0 Å². The highest BCUT2D eigenvalue weighted by Crippen LogP contribution is 2.25. The summed E-state index contributed by atoms with van der Waals surface area (Å²) in [5.74, 6) is -0.779. The molecule has 0 N–H and O–H groups in total. The van der Waals surface area contributed by atoms with Gasteiger partial charge in [-0.05, 0) is 36.8 Å². The summed E-state index contributed by atoms with van der Waals surface area (Å²) in [4.78, 5) is 17.5. The van der Waals surface area contributed by atoms with Crippen molar-refractivity contribution in [3.63, 3.8) is 0 Å². The lowest BCUT2D eigenvalue weighted by atomic mass is 10.2. The summed E-state index contributed by atoms with van der Waals surface area (Å²) in [6.45, 7) is 2.06. The zero-order chi connectivity index (χ0) is 18.0. The van der Waals surface area contributed by atoms with Crippen LogP contribution in [0.3, 0.4) is 0 Å². The Balaban J connectivity index is 2.27. The van der Waals surface area contributed by atoms with Gasteiger partial charge >= 0.3 is 0 Å². The molecule has 0 aliphatic heterocycles. The molecule has 3 nitrogen and oxygen atoms in total. The van der Waals surface area contributed by atoms with Crippen LogP contribution in [-0.4, -0.2) is 15.3 Å². The smallest absolute Gasteiger partial charge is 0.266 e. The Labute approximate surface area is 152 Å². The third-order valence-corrected chi connectivity index (χ3v) is 4.94. The number of hydrogen-bond acceptors (Lipinski definition) is 3. The summed E-state index contributed by atoms with van der Waals surface area (Å²) in [6, 6.07) is 7.94. The second kappa shape index (κ2) is 7.54. The number of nitrogens with zero attached hydrogens (tertiary/aromatic N) is 2. The SMILES string of the molecule is CCCCSc1nc2ccc(Cl)cc2c(=O)n1-c1ccc(F)cc1F. The molecule has 3 rings (SSSR count). The second-order valence-corrected chi connectivity index (χ2v) is 6.99. The van der Waals surface area contributed by atoms with Crippen molar-refractivity contribution in [3.05, 3.63) is 63.4 Å². The molecule has 7 heteroatoms. The van der Waals surface area contributed by atoms with Gasteiger partial charge in [-0.2, -0.15) is 0 Å². The zero-order valence-electron chi connectivity index (χ0n) is 13.4. The number of unbranched alkanes of at least 4 members (excludes halogenated alkanes) is 1. The lowest BCUT2D eigenvalue weighted by Crippen LogP contribution is -2.23. The van der Waals surface area contributed by atoms with Gasteiger partial charge in [0.25, 0.3) is 5.56 Å². The molecule has 1 heterocycles. The summed E-state index contributed by atoms with van der Waals surface area (Å²) < 4.78 is 28.7. The molecule has 1 aromatic heterocycles. The molecule has 3 aromatic rings. The number of rotatable bonds is 5. The molecule has 0 aliphatic carbocycles. The largest absolute Gasteiger partial charge is 0.268 e. The van der Waals surface area contributed by atoms with E-state index in [1.165, 1.54) is 28.5 Å². The average Bonchev–Trinajstić information content (AvgIpc) is 2.57. The molecule has 0 saturated carbocycles. The van der Waals surface area contributed by atoms with Gasteiger partial charge in [0.15, 0.2) is 5.16 Å². The summed E-state index contributed by atoms with van der Waals surface area (Å²) >= 11 is 7.35. The van der Waals surface area contributed by atoms with Crippen molar-refractivity contribution in [2.75, 3.05) is 5.75 Å². The molecule has 0 fully saturated rings. The average molecular weight is 381 g/mol. The van der Waals surface area contributed by atoms with E-state index in [1.807, 2.05) is 0 Å². The Morgan fingerprint density at radius 1 is 1.20 bits per heavy atom. The highest BCUT2D eigenvalue weighted by atomic mass is 35.5. The Morgan fingerprint density at radius 2 is 2.00 bits per heavy atom. The molecule has 0 amide bonds. The van der Waals surface area contributed by atoms with Gasteiger partial charge in [-0.1, -0.05) is 36.7 Å². The normalized spacial score (nSPS) is 11.2. The zero-order valence-corrected chi connectivity index (χ0v) is 15.0. The predicted molar refractivity (Wildman–Crippen MR) is 97.9 cm³/mol. The molecule has 0 atom stereocenters. The highest BCUT2D eigenvalue weighted by molar-refractivity contribution is 7.99. The van der Waals surface area contributed by atoms with Crippen molar-refractivity contribution in [1.82, 2.24) is 9.55 Å². The van der Waals surface area contributed by atoms with Crippen LogP contribution in [0.1, 0.15) is 19.8 Å². The summed E-state index contributed by atoms with van der Waals surface area (Å²) in [7, 11) is 0. The van der Waals surface area contributed by atoms with Crippen LogP contribution in [0.2, 0.25) is 5.02 Å². The van der Waals surface area contributed by atoms with Crippen LogP contribution in [-0.2, 0) is 0 Å². The summed E-state index contributed by atoms with van der Waals surface area (Å²) in [6.07, 6.45) is 1.93.